The summed E-state index contributed by atoms with van der Waals surface area (Å²) in [6.45, 7) is 4.28. The number of hydrogen-bond donors (Lipinski definition) is 0. The first-order valence-corrected chi connectivity index (χ1v) is 9.35. The number of aromatic nitrogens is 3. The fourth-order valence-corrected chi connectivity index (χ4v) is 3.41. The molecule has 0 aliphatic carbocycles. The number of hydrogen-bond acceptors (Lipinski definition) is 6. The van der Waals surface area contributed by atoms with Gasteiger partial charge in [-0.1, -0.05) is 0 Å². The van der Waals surface area contributed by atoms with E-state index in [1.54, 1.807) is 18.6 Å². The van der Waals surface area contributed by atoms with Gasteiger partial charge in [0.2, 0.25) is 0 Å². The third-order valence-electron chi connectivity index (χ3n) is 5.04. The molecule has 0 N–H and O–H groups in total. The molecule has 28 heavy (non-hydrogen) atoms. The van der Waals surface area contributed by atoms with Crippen molar-refractivity contribution in [2.24, 2.45) is 0 Å². The van der Waals surface area contributed by atoms with Gasteiger partial charge in [-0.2, -0.15) is 0 Å². The summed E-state index contributed by atoms with van der Waals surface area (Å²) < 4.78 is 13.5. The van der Waals surface area contributed by atoms with Crippen molar-refractivity contribution in [3.8, 4) is 11.1 Å². The molecule has 0 saturated carbocycles. The van der Waals surface area contributed by atoms with Gasteiger partial charge in [0, 0.05) is 60.8 Å². The van der Waals surface area contributed by atoms with Crippen molar-refractivity contribution >= 4 is 16.7 Å². The Bertz CT molecular complexity index is 1000. The highest BCUT2D eigenvalue weighted by Crippen LogP contribution is 2.23. The predicted octanol–water partition coefficient (Wildman–Crippen LogP) is 2.19. The molecule has 1 fully saturated rings. The zero-order valence-corrected chi connectivity index (χ0v) is 15.8. The van der Waals surface area contributed by atoms with E-state index in [2.05, 4.69) is 31.8 Å². The van der Waals surface area contributed by atoms with Crippen LogP contribution in [0.5, 0.6) is 0 Å². The number of piperazine rings is 1. The van der Waals surface area contributed by atoms with E-state index in [1.807, 2.05) is 12.1 Å². The molecule has 0 bridgehead atoms. The maximum Gasteiger partial charge on any atom is 0.152 e. The lowest BCUT2D eigenvalue weighted by Gasteiger charge is -2.31. The van der Waals surface area contributed by atoms with Crippen LogP contribution in [0.3, 0.4) is 0 Å². The summed E-state index contributed by atoms with van der Waals surface area (Å²) in [5, 5.41) is 0.874. The van der Waals surface area contributed by atoms with Crippen LogP contribution in [-0.4, -0.2) is 70.3 Å². The molecule has 6 nitrogen and oxygen atoms in total. The van der Waals surface area contributed by atoms with Crippen LogP contribution in [0.2, 0.25) is 0 Å². The number of rotatable bonds is 5. The lowest BCUT2D eigenvalue weighted by atomic mass is 10.1. The number of Topliss-reactive ketones (excluding diaryl/α,β-unsaturated/α-hetero) is 1. The number of halogens is 1. The van der Waals surface area contributed by atoms with Crippen LogP contribution in [0.1, 0.15) is 5.69 Å². The molecule has 1 aliphatic rings. The Hall–Kier alpha value is -2.77. The van der Waals surface area contributed by atoms with Gasteiger partial charge in [-0.25, -0.2) is 4.39 Å². The number of likely N-dealkylation sites (N-methyl/N-ethyl adjacent to an activating group) is 1. The first-order valence-electron chi connectivity index (χ1n) is 9.35. The van der Waals surface area contributed by atoms with Gasteiger partial charge in [-0.05, 0) is 25.2 Å². The van der Waals surface area contributed by atoms with Gasteiger partial charge in [0.1, 0.15) is 5.82 Å². The van der Waals surface area contributed by atoms with Crippen molar-refractivity contribution < 1.29 is 9.18 Å². The second-order valence-corrected chi connectivity index (χ2v) is 7.28. The van der Waals surface area contributed by atoms with E-state index in [4.69, 9.17) is 0 Å². The molecule has 0 radical (unpaired) electrons. The smallest absolute Gasteiger partial charge is 0.152 e. The van der Waals surface area contributed by atoms with Crippen LogP contribution in [0, 0.1) is 5.82 Å². The molecule has 0 atom stereocenters. The molecule has 0 aromatic carbocycles. The number of pyridine rings is 3. The Morgan fingerprint density at radius 2 is 1.79 bits per heavy atom. The second kappa shape index (κ2) is 8.08. The Balaban J connectivity index is 1.49. The van der Waals surface area contributed by atoms with Crippen molar-refractivity contribution in [1.29, 1.82) is 0 Å². The third-order valence-corrected chi connectivity index (χ3v) is 5.04. The third kappa shape index (κ3) is 4.37. The van der Waals surface area contributed by atoms with E-state index < -0.39 is 0 Å². The Morgan fingerprint density at radius 3 is 2.57 bits per heavy atom. The SMILES string of the molecule is CN1CCN(CC(=O)Cc2cc3cc(-c4cncc(F)c4)cnc3cn2)CC1. The van der Waals surface area contributed by atoms with Gasteiger partial charge >= 0.3 is 0 Å². The van der Waals surface area contributed by atoms with Gasteiger partial charge in [-0.15, -0.1) is 0 Å². The summed E-state index contributed by atoms with van der Waals surface area (Å²) in [5.41, 5.74) is 2.91. The molecule has 144 valence electrons. The topological polar surface area (TPSA) is 62.2 Å². The number of fused-ring (bicyclic) bond motifs is 1. The van der Waals surface area contributed by atoms with Crippen LogP contribution < -0.4 is 0 Å². The van der Waals surface area contributed by atoms with Crippen LogP contribution in [0.25, 0.3) is 22.0 Å². The molecular formula is C21H22FN5O. The van der Waals surface area contributed by atoms with E-state index in [0.717, 1.165) is 48.3 Å². The predicted molar refractivity (Wildman–Crippen MR) is 105 cm³/mol. The van der Waals surface area contributed by atoms with E-state index >= 15 is 0 Å². The highest BCUT2D eigenvalue weighted by atomic mass is 19.1. The van der Waals surface area contributed by atoms with Crippen LogP contribution in [0.15, 0.2) is 43.0 Å². The fourth-order valence-electron chi connectivity index (χ4n) is 3.41. The maximum absolute atomic E-state index is 13.5. The summed E-state index contributed by atoms with van der Waals surface area (Å²) in [4.78, 5) is 29.6. The van der Waals surface area contributed by atoms with Crippen molar-refractivity contribution in [1.82, 2.24) is 24.8 Å². The summed E-state index contributed by atoms with van der Waals surface area (Å²) >= 11 is 0. The fraction of sp³-hybridized carbons (Fsp3) is 0.333. The van der Waals surface area contributed by atoms with Gasteiger partial charge in [-0.3, -0.25) is 24.6 Å². The minimum absolute atomic E-state index is 0.162. The van der Waals surface area contributed by atoms with Crippen LogP contribution in [-0.2, 0) is 11.2 Å². The van der Waals surface area contributed by atoms with E-state index in [-0.39, 0.29) is 11.6 Å². The molecular weight excluding hydrogens is 357 g/mol. The highest BCUT2D eigenvalue weighted by molar-refractivity contribution is 5.86. The molecule has 4 heterocycles. The summed E-state index contributed by atoms with van der Waals surface area (Å²) in [6, 6.07) is 5.24. The second-order valence-electron chi connectivity index (χ2n) is 7.28. The largest absolute Gasteiger partial charge is 0.304 e. The minimum Gasteiger partial charge on any atom is -0.304 e. The molecule has 0 unspecified atom stereocenters. The standard InChI is InChI=1S/C21H22FN5O/c1-26-2-4-27(5-3-26)14-20(28)9-19-8-15-6-16(11-25-21(15)13-24-19)17-7-18(22)12-23-10-17/h6-8,10-13H,2-5,9,14H2,1H3. The van der Waals surface area contributed by atoms with E-state index in [9.17, 15) is 9.18 Å². The first-order chi connectivity index (χ1) is 13.6. The molecule has 7 heteroatoms. The molecule has 0 amide bonds. The molecule has 0 spiro atoms. The summed E-state index contributed by atoms with van der Waals surface area (Å²) in [7, 11) is 2.10. The zero-order chi connectivity index (χ0) is 19.5. The van der Waals surface area contributed by atoms with Crippen molar-refractivity contribution in [3.63, 3.8) is 0 Å². The van der Waals surface area contributed by atoms with Crippen molar-refractivity contribution in [2.45, 2.75) is 6.42 Å². The minimum atomic E-state index is -0.387. The lowest BCUT2D eigenvalue weighted by molar-refractivity contribution is -0.120. The first kappa shape index (κ1) is 18.6. The number of carbonyl (C=O) groups excluding carboxylic acids is 1. The molecule has 4 rings (SSSR count). The molecule has 3 aromatic heterocycles. The Kier molecular flexibility index (Phi) is 5.36. The Morgan fingerprint density at radius 1 is 1.00 bits per heavy atom. The van der Waals surface area contributed by atoms with E-state index in [0.29, 0.717) is 18.5 Å². The molecule has 1 saturated heterocycles. The van der Waals surface area contributed by atoms with Crippen molar-refractivity contribution in [3.05, 3.63) is 54.5 Å². The average Bonchev–Trinajstić information content (AvgIpc) is 2.69. The summed E-state index contributed by atoms with van der Waals surface area (Å²) in [6.07, 6.45) is 6.44. The number of nitrogens with zero attached hydrogens (tertiary/aromatic N) is 5. The normalized spacial score (nSPS) is 15.8. The maximum atomic E-state index is 13.5. The van der Waals surface area contributed by atoms with Gasteiger partial charge < -0.3 is 4.90 Å². The number of carbonyl (C=O) groups is 1. The number of ketones is 1. The summed E-state index contributed by atoms with van der Waals surface area (Å²) in [5.74, 6) is -0.225. The Labute approximate surface area is 163 Å². The zero-order valence-electron chi connectivity index (χ0n) is 15.8. The lowest BCUT2D eigenvalue weighted by Crippen LogP contribution is -2.46. The van der Waals surface area contributed by atoms with Gasteiger partial charge in [0.15, 0.2) is 5.78 Å². The molecule has 3 aromatic rings. The quantitative estimate of drug-likeness (QED) is 0.677. The highest BCUT2D eigenvalue weighted by Gasteiger charge is 2.17. The van der Waals surface area contributed by atoms with E-state index in [1.165, 1.54) is 12.3 Å². The van der Waals surface area contributed by atoms with Gasteiger partial charge in [0.05, 0.1) is 30.9 Å². The van der Waals surface area contributed by atoms with Crippen molar-refractivity contribution in [2.75, 3.05) is 39.8 Å². The monoisotopic (exact) mass is 379 g/mol. The van der Waals surface area contributed by atoms with Crippen LogP contribution in [0.4, 0.5) is 4.39 Å². The van der Waals surface area contributed by atoms with Crippen LogP contribution >= 0.6 is 0 Å². The molecule has 1 aliphatic heterocycles. The van der Waals surface area contributed by atoms with Gasteiger partial charge in [0.25, 0.3) is 0 Å². The average molecular weight is 379 g/mol.